The summed E-state index contributed by atoms with van der Waals surface area (Å²) in [5.41, 5.74) is 3.56. The molecule has 0 aliphatic rings. The molecular formula is C14H12BrN3S. The van der Waals surface area contributed by atoms with E-state index in [1.807, 2.05) is 37.4 Å². The highest BCUT2D eigenvalue weighted by Crippen LogP contribution is 2.22. The fourth-order valence-electron chi connectivity index (χ4n) is 1.56. The number of aryl methyl sites for hydroxylation is 2. The van der Waals surface area contributed by atoms with Gasteiger partial charge in [-0.05, 0) is 37.6 Å². The van der Waals surface area contributed by atoms with E-state index < -0.39 is 0 Å². The lowest BCUT2D eigenvalue weighted by atomic mass is 10.2. The van der Waals surface area contributed by atoms with Crippen LogP contribution in [0.2, 0.25) is 0 Å². The third kappa shape index (κ3) is 3.43. The fourth-order valence-corrected chi connectivity index (χ4v) is 2.80. The zero-order valence-corrected chi connectivity index (χ0v) is 13.0. The van der Waals surface area contributed by atoms with Gasteiger partial charge in [0.05, 0.1) is 0 Å². The van der Waals surface area contributed by atoms with Gasteiger partial charge in [0.25, 0.3) is 0 Å². The number of benzene rings is 1. The SMILES string of the molecule is Cc1csc(/C(C#N)=C/Nc2ccc(Br)cc2C)n1. The van der Waals surface area contributed by atoms with Gasteiger partial charge in [-0.25, -0.2) is 4.98 Å². The Hall–Kier alpha value is -1.64. The average Bonchev–Trinajstić information content (AvgIpc) is 2.79. The number of thiazole rings is 1. The highest BCUT2D eigenvalue weighted by atomic mass is 79.9. The molecule has 2 aromatic rings. The lowest BCUT2D eigenvalue weighted by molar-refractivity contribution is 1.24. The largest absolute Gasteiger partial charge is 0.360 e. The van der Waals surface area contributed by atoms with E-state index in [2.05, 4.69) is 32.3 Å². The number of hydrogen-bond acceptors (Lipinski definition) is 4. The van der Waals surface area contributed by atoms with Gasteiger partial charge in [-0.3, -0.25) is 0 Å². The molecule has 96 valence electrons. The molecule has 0 saturated heterocycles. The van der Waals surface area contributed by atoms with E-state index in [1.165, 1.54) is 11.3 Å². The quantitative estimate of drug-likeness (QED) is 0.841. The molecule has 2 rings (SSSR count). The predicted octanol–water partition coefficient (Wildman–Crippen LogP) is 4.50. The monoisotopic (exact) mass is 333 g/mol. The van der Waals surface area contributed by atoms with E-state index in [9.17, 15) is 5.26 Å². The van der Waals surface area contributed by atoms with Crippen molar-refractivity contribution in [1.29, 1.82) is 5.26 Å². The highest BCUT2D eigenvalue weighted by molar-refractivity contribution is 9.10. The minimum absolute atomic E-state index is 0.542. The first-order chi connectivity index (χ1) is 9.10. The standard InChI is InChI=1S/C14H12BrN3S/c1-9-5-12(15)3-4-13(9)17-7-11(6-16)14-18-10(2)8-19-14/h3-5,7-8,17H,1-2H3/b11-7+. The van der Waals surface area contributed by atoms with E-state index in [0.29, 0.717) is 5.57 Å². The number of aromatic nitrogens is 1. The molecule has 19 heavy (non-hydrogen) atoms. The van der Waals surface area contributed by atoms with E-state index in [0.717, 1.165) is 26.4 Å². The Morgan fingerprint density at radius 1 is 1.47 bits per heavy atom. The van der Waals surface area contributed by atoms with Crippen LogP contribution in [0.3, 0.4) is 0 Å². The summed E-state index contributed by atoms with van der Waals surface area (Å²) >= 11 is 4.90. The molecule has 0 spiro atoms. The summed E-state index contributed by atoms with van der Waals surface area (Å²) in [6.45, 7) is 3.93. The zero-order chi connectivity index (χ0) is 13.8. The number of nitrogens with zero attached hydrogens (tertiary/aromatic N) is 2. The Kier molecular flexibility index (Phi) is 4.35. The molecule has 0 bridgehead atoms. The molecule has 3 nitrogen and oxygen atoms in total. The van der Waals surface area contributed by atoms with Gasteiger partial charge in [0, 0.05) is 27.4 Å². The molecule has 1 N–H and O–H groups in total. The van der Waals surface area contributed by atoms with Gasteiger partial charge in [-0.1, -0.05) is 15.9 Å². The average molecular weight is 334 g/mol. The van der Waals surface area contributed by atoms with Crippen molar-refractivity contribution in [3.8, 4) is 6.07 Å². The Labute approximate surface area is 124 Å². The van der Waals surface area contributed by atoms with Crippen molar-refractivity contribution in [2.75, 3.05) is 5.32 Å². The highest BCUT2D eigenvalue weighted by Gasteiger charge is 2.05. The van der Waals surface area contributed by atoms with Crippen LogP contribution < -0.4 is 5.32 Å². The number of allylic oxidation sites excluding steroid dienone is 1. The molecule has 0 aliphatic carbocycles. The molecule has 0 saturated carbocycles. The summed E-state index contributed by atoms with van der Waals surface area (Å²) in [6, 6.07) is 8.12. The Morgan fingerprint density at radius 2 is 2.26 bits per heavy atom. The van der Waals surface area contributed by atoms with Crippen LogP contribution >= 0.6 is 27.3 Å². The van der Waals surface area contributed by atoms with Gasteiger partial charge in [0.1, 0.15) is 16.6 Å². The smallest absolute Gasteiger partial charge is 0.135 e. The van der Waals surface area contributed by atoms with Crippen LogP contribution in [0.25, 0.3) is 5.57 Å². The van der Waals surface area contributed by atoms with Crippen LogP contribution in [0.15, 0.2) is 34.3 Å². The van der Waals surface area contributed by atoms with Crippen molar-refractivity contribution in [1.82, 2.24) is 4.98 Å². The van der Waals surface area contributed by atoms with Crippen LogP contribution in [0.1, 0.15) is 16.3 Å². The molecular weight excluding hydrogens is 322 g/mol. The maximum atomic E-state index is 9.18. The van der Waals surface area contributed by atoms with Gasteiger partial charge >= 0.3 is 0 Å². The molecule has 5 heteroatoms. The lowest BCUT2D eigenvalue weighted by Gasteiger charge is -2.06. The molecule has 0 atom stereocenters. The second kappa shape index (κ2) is 6.00. The molecule has 1 heterocycles. The van der Waals surface area contributed by atoms with E-state index in [4.69, 9.17) is 0 Å². The first-order valence-electron chi connectivity index (χ1n) is 5.65. The van der Waals surface area contributed by atoms with Crippen LogP contribution in [-0.4, -0.2) is 4.98 Å². The molecule has 0 aliphatic heterocycles. The predicted molar refractivity (Wildman–Crippen MR) is 82.9 cm³/mol. The normalized spacial score (nSPS) is 11.2. The molecule has 0 radical (unpaired) electrons. The third-order valence-corrected chi connectivity index (χ3v) is 4.02. The van der Waals surface area contributed by atoms with Crippen LogP contribution in [-0.2, 0) is 0 Å². The minimum Gasteiger partial charge on any atom is -0.360 e. The number of anilines is 1. The van der Waals surface area contributed by atoms with E-state index in [-0.39, 0.29) is 0 Å². The number of halogens is 1. The zero-order valence-electron chi connectivity index (χ0n) is 10.6. The van der Waals surface area contributed by atoms with Crippen LogP contribution in [0.4, 0.5) is 5.69 Å². The lowest BCUT2D eigenvalue weighted by Crippen LogP contribution is -1.93. The third-order valence-electron chi connectivity index (χ3n) is 2.53. The molecule has 1 aromatic carbocycles. The first-order valence-corrected chi connectivity index (χ1v) is 7.33. The summed E-state index contributed by atoms with van der Waals surface area (Å²) in [5.74, 6) is 0. The second-order valence-corrected chi connectivity index (χ2v) is 5.84. The van der Waals surface area contributed by atoms with E-state index in [1.54, 1.807) is 6.20 Å². The topological polar surface area (TPSA) is 48.7 Å². The molecule has 1 aromatic heterocycles. The summed E-state index contributed by atoms with van der Waals surface area (Å²) in [7, 11) is 0. The van der Waals surface area contributed by atoms with Gasteiger partial charge < -0.3 is 5.32 Å². The summed E-state index contributed by atoms with van der Waals surface area (Å²) in [4.78, 5) is 4.31. The second-order valence-electron chi connectivity index (χ2n) is 4.07. The number of hydrogen-bond donors (Lipinski definition) is 1. The van der Waals surface area contributed by atoms with Crippen molar-refractivity contribution in [3.05, 3.63) is 50.5 Å². The summed E-state index contributed by atoms with van der Waals surface area (Å²) in [5, 5.41) is 15.0. The van der Waals surface area contributed by atoms with Gasteiger partial charge in [0.2, 0.25) is 0 Å². The van der Waals surface area contributed by atoms with Crippen molar-refractivity contribution in [2.24, 2.45) is 0 Å². The first kappa shape index (κ1) is 13.8. The Bertz CT molecular complexity index is 668. The summed E-state index contributed by atoms with van der Waals surface area (Å²) < 4.78 is 1.04. The maximum absolute atomic E-state index is 9.18. The van der Waals surface area contributed by atoms with Crippen molar-refractivity contribution in [2.45, 2.75) is 13.8 Å². The molecule has 0 unspecified atom stereocenters. The Morgan fingerprint density at radius 3 is 2.84 bits per heavy atom. The number of nitriles is 1. The van der Waals surface area contributed by atoms with Gasteiger partial charge in [0.15, 0.2) is 0 Å². The van der Waals surface area contributed by atoms with Crippen molar-refractivity contribution >= 4 is 38.5 Å². The molecule has 0 amide bonds. The summed E-state index contributed by atoms with van der Waals surface area (Å²) in [6.07, 6.45) is 1.70. The minimum atomic E-state index is 0.542. The van der Waals surface area contributed by atoms with Gasteiger partial charge in [-0.15, -0.1) is 11.3 Å². The Balaban J connectivity index is 2.23. The molecule has 0 fully saturated rings. The number of nitrogens with one attached hydrogen (secondary N) is 1. The van der Waals surface area contributed by atoms with E-state index >= 15 is 0 Å². The number of rotatable bonds is 3. The van der Waals surface area contributed by atoms with Crippen LogP contribution in [0, 0.1) is 25.2 Å². The van der Waals surface area contributed by atoms with Gasteiger partial charge in [-0.2, -0.15) is 5.26 Å². The van der Waals surface area contributed by atoms with Crippen LogP contribution in [0.5, 0.6) is 0 Å². The fraction of sp³-hybridized carbons (Fsp3) is 0.143. The van der Waals surface area contributed by atoms with Crippen molar-refractivity contribution < 1.29 is 0 Å². The van der Waals surface area contributed by atoms with Crippen molar-refractivity contribution in [3.63, 3.8) is 0 Å². The maximum Gasteiger partial charge on any atom is 0.135 e.